The van der Waals surface area contributed by atoms with Crippen LogP contribution >= 0.6 is 23.4 Å². The van der Waals surface area contributed by atoms with E-state index in [0.717, 1.165) is 5.56 Å². The summed E-state index contributed by atoms with van der Waals surface area (Å²) in [6, 6.07) is 7.13. The zero-order chi connectivity index (χ0) is 23.4. The average molecular weight is 491 g/mol. The molecule has 1 aliphatic heterocycles. The summed E-state index contributed by atoms with van der Waals surface area (Å²) < 4.78 is 28.9. The summed E-state index contributed by atoms with van der Waals surface area (Å²) in [4.78, 5) is 12.7. The normalized spacial score (nSPS) is 12.4. The van der Waals surface area contributed by atoms with Gasteiger partial charge in [-0.15, -0.1) is 10.2 Å². The van der Waals surface area contributed by atoms with Crippen LogP contribution in [-0.4, -0.2) is 36.0 Å². The fourth-order valence-electron chi connectivity index (χ4n) is 3.50. The van der Waals surface area contributed by atoms with E-state index in [1.165, 1.54) is 11.8 Å². The monoisotopic (exact) mass is 490 g/mol. The maximum Gasteiger partial charge on any atom is 0.339 e. The minimum atomic E-state index is -0.419. The minimum absolute atomic E-state index is 0.120. The highest BCUT2D eigenvalue weighted by atomic mass is 35.5. The average Bonchev–Trinajstić information content (AvgIpc) is 3.43. The van der Waals surface area contributed by atoms with Gasteiger partial charge in [0.15, 0.2) is 11.5 Å². The molecule has 0 N–H and O–H groups in total. The van der Waals surface area contributed by atoms with Gasteiger partial charge in [-0.1, -0.05) is 23.4 Å². The molecule has 0 atom stereocenters. The Kier molecular flexibility index (Phi) is 7.29. The number of fused-ring (bicyclic) bond motifs is 1. The Morgan fingerprint density at radius 1 is 0.970 bits per heavy atom. The molecule has 0 radical (unpaired) electrons. The molecule has 0 spiro atoms. The molecule has 174 valence electrons. The van der Waals surface area contributed by atoms with Gasteiger partial charge in [0, 0.05) is 21.9 Å². The van der Waals surface area contributed by atoms with Crippen LogP contribution in [0.15, 0.2) is 33.9 Å². The van der Waals surface area contributed by atoms with E-state index in [9.17, 15) is 4.79 Å². The molecule has 0 unspecified atom stereocenters. The molecule has 1 aromatic heterocycles. The van der Waals surface area contributed by atoms with E-state index < -0.39 is 5.97 Å². The summed E-state index contributed by atoms with van der Waals surface area (Å²) in [5, 5.41) is 9.22. The number of hydrogen-bond acceptors (Lipinski definition) is 9. The lowest BCUT2D eigenvalue weighted by molar-refractivity contribution is 0.0533. The van der Waals surface area contributed by atoms with E-state index in [4.69, 9.17) is 35.0 Å². The summed E-state index contributed by atoms with van der Waals surface area (Å²) in [7, 11) is 0. The number of ether oxygens (including phenoxy) is 4. The first kappa shape index (κ1) is 23.3. The second-order valence-electron chi connectivity index (χ2n) is 6.86. The molecule has 2 aromatic carbocycles. The van der Waals surface area contributed by atoms with Crippen molar-refractivity contribution in [2.45, 2.75) is 38.4 Å². The Morgan fingerprint density at radius 3 is 2.33 bits per heavy atom. The van der Waals surface area contributed by atoms with E-state index in [0.29, 0.717) is 75.6 Å². The maximum absolute atomic E-state index is 12.7. The topological polar surface area (TPSA) is 92.9 Å². The van der Waals surface area contributed by atoms with Crippen LogP contribution in [0.25, 0.3) is 11.5 Å². The number of nitrogens with zero attached hydrogens (tertiary/aromatic N) is 2. The number of thioether (sulfide) groups is 1. The van der Waals surface area contributed by atoms with Crippen molar-refractivity contribution in [3.05, 3.63) is 46.0 Å². The third-order valence-corrected chi connectivity index (χ3v) is 5.92. The SMILES string of the molecule is CCOc1c2c(c(CSc3nnc(-c4ccc(Cl)cc4)o3)c(OCC)c1OCC)C(=O)OC2. The van der Waals surface area contributed by atoms with Crippen LogP contribution in [0, 0.1) is 0 Å². The third kappa shape index (κ3) is 4.74. The van der Waals surface area contributed by atoms with Crippen molar-refractivity contribution in [2.75, 3.05) is 19.8 Å². The Hall–Kier alpha value is -2.91. The van der Waals surface area contributed by atoms with Gasteiger partial charge in [-0.3, -0.25) is 0 Å². The van der Waals surface area contributed by atoms with Crippen LogP contribution < -0.4 is 14.2 Å². The number of carbonyl (C=O) groups excluding carboxylic acids is 1. The number of halogens is 1. The lowest BCUT2D eigenvalue weighted by Crippen LogP contribution is -2.10. The molecule has 0 fully saturated rings. The van der Waals surface area contributed by atoms with Gasteiger partial charge in [0.2, 0.25) is 11.6 Å². The smallest absolute Gasteiger partial charge is 0.339 e. The summed E-state index contributed by atoms with van der Waals surface area (Å²) in [5.74, 6) is 1.72. The van der Waals surface area contributed by atoms with E-state index in [1.54, 1.807) is 24.3 Å². The second-order valence-corrected chi connectivity index (χ2v) is 8.23. The highest BCUT2D eigenvalue weighted by molar-refractivity contribution is 7.98. The first-order valence-electron chi connectivity index (χ1n) is 10.6. The first-order chi connectivity index (χ1) is 16.1. The largest absolute Gasteiger partial charge is 0.489 e. The number of aromatic nitrogens is 2. The molecule has 1 aliphatic rings. The van der Waals surface area contributed by atoms with Crippen molar-refractivity contribution < 1.29 is 28.2 Å². The Bertz CT molecular complexity index is 1150. The van der Waals surface area contributed by atoms with E-state index in [1.807, 2.05) is 20.8 Å². The highest BCUT2D eigenvalue weighted by Gasteiger charge is 2.35. The maximum atomic E-state index is 12.7. The zero-order valence-corrected chi connectivity index (χ0v) is 20.0. The molecule has 3 aromatic rings. The van der Waals surface area contributed by atoms with Crippen molar-refractivity contribution in [2.24, 2.45) is 0 Å². The van der Waals surface area contributed by atoms with E-state index in [-0.39, 0.29) is 6.61 Å². The van der Waals surface area contributed by atoms with Crippen LogP contribution in [0.1, 0.15) is 42.3 Å². The van der Waals surface area contributed by atoms with Gasteiger partial charge >= 0.3 is 5.97 Å². The van der Waals surface area contributed by atoms with Gasteiger partial charge in [-0.05, 0) is 45.0 Å². The van der Waals surface area contributed by atoms with Crippen molar-refractivity contribution in [3.8, 4) is 28.7 Å². The molecule has 0 saturated heterocycles. The van der Waals surface area contributed by atoms with Crippen LogP contribution in [-0.2, 0) is 17.1 Å². The standard InChI is InChI=1S/C23H23ClN2O6S/c1-4-28-18-15-11-31-22(27)17(15)16(19(29-5-2)20(18)30-6-3)12-33-23-26-25-21(32-23)13-7-9-14(24)10-8-13/h7-10H,4-6,11-12H2,1-3H3. The molecule has 33 heavy (non-hydrogen) atoms. The van der Waals surface area contributed by atoms with Gasteiger partial charge < -0.3 is 23.4 Å². The highest BCUT2D eigenvalue weighted by Crippen LogP contribution is 2.49. The number of cyclic esters (lactones) is 1. The molecular formula is C23H23ClN2O6S. The van der Waals surface area contributed by atoms with Gasteiger partial charge in [0.25, 0.3) is 5.22 Å². The van der Waals surface area contributed by atoms with Crippen LogP contribution in [0.3, 0.4) is 0 Å². The van der Waals surface area contributed by atoms with Crippen molar-refractivity contribution >= 4 is 29.3 Å². The van der Waals surface area contributed by atoms with Crippen LogP contribution in [0.4, 0.5) is 0 Å². The molecule has 0 bridgehead atoms. The summed E-state index contributed by atoms with van der Waals surface area (Å²) in [6.45, 7) is 6.95. The van der Waals surface area contributed by atoms with Crippen LogP contribution in [0.5, 0.6) is 17.2 Å². The quantitative estimate of drug-likeness (QED) is 0.268. The van der Waals surface area contributed by atoms with Crippen molar-refractivity contribution in [1.29, 1.82) is 0 Å². The molecule has 8 nitrogen and oxygen atoms in total. The molecular weight excluding hydrogens is 468 g/mol. The molecule has 4 rings (SSSR count). The number of rotatable bonds is 10. The van der Waals surface area contributed by atoms with Gasteiger partial charge in [-0.25, -0.2) is 4.79 Å². The molecule has 0 aliphatic carbocycles. The number of carbonyl (C=O) groups is 1. The van der Waals surface area contributed by atoms with E-state index >= 15 is 0 Å². The number of esters is 1. The van der Waals surface area contributed by atoms with Crippen LogP contribution in [0.2, 0.25) is 5.02 Å². The number of benzene rings is 2. The molecule has 2 heterocycles. The molecule has 10 heteroatoms. The molecule has 0 amide bonds. The minimum Gasteiger partial charge on any atom is -0.489 e. The summed E-state index contributed by atoms with van der Waals surface area (Å²) in [6.07, 6.45) is 0. The van der Waals surface area contributed by atoms with Gasteiger partial charge in [-0.2, -0.15) is 0 Å². The van der Waals surface area contributed by atoms with Crippen molar-refractivity contribution in [3.63, 3.8) is 0 Å². The predicted octanol–water partition coefficient (Wildman–Crippen LogP) is 5.55. The lowest BCUT2D eigenvalue weighted by Gasteiger charge is -2.21. The fraction of sp³-hybridized carbons (Fsp3) is 0.348. The van der Waals surface area contributed by atoms with Crippen molar-refractivity contribution in [1.82, 2.24) is 10.2 Å². The Labute approximate surface area is 200 Å². The van der Waals surface area contributed by atoms with Gasteiger partial charge in [0.05, 0.1) is 30.9 Å². The summed E-state index contributed by atoms with van der Waals surface area (Å²) >= 11 is 7.24. The Morgan fingerprint density at radius 2 is 1.64 bits per heavy atom. The first-order valence-corrected chi connectivity index (χ1v) is 11.9. The third-order valence-electron chi connectivity index (χ3n) is 4.82. The zero-order valence-electron chi connectivity index (χ0n) is 18.5. The molecule has 0 saturated carbocycles. The summed E-state index contributed by atoms with van der Waals surface area (Å²) in [5.41, 5.74) is 2.52. The predicted molar refractivity (Wildman–Crippen MR) is 123 cm³/mol. The fourth-order valence-corrected chi connectivity index (χ4v) is 4.40. The lowest BCUT2D eigenvalue weighted by atomic mass is 10.0. The van der Waals surface area contributed by atoms with E-state index in [2.05, 4.69) is 10.2 Å². The van der Waals surface area contributed by atoms with Gasteiger partial charge in [0.1, 0.15) is 6.61 Å². The second kappa shape index (κ2) is 10.4. The number of hydrogen-bond donors (Lipinski definition) is 0. The Balaban J connectivity index is 1.70.